The molecule has 0 saturated carbocycles. The van der Waals surface area contributed by atoms with Crippen LogP contribution in [0.1, 0.15) is 25.5 Å². The number of urea groups is 1. The SMILES string of the molecule is CC(C)C1=C(C(=O)Nc2ccc3[nH]ncc3c2)C(c2ccc(F)cc2)NC(=O)N1. The molecule has 1 atom stereocenters. The molecule has 0 radical (unpaired) electrons. The molecule has 2 heterocycles. The largest absolute Gasteiger partial charge is 0.327 e. The molecule has 0 bridgehead atoms. The van der Waals surface area contributed by atoms with Crippen molar-refractivity contribution in [3.63, 3.8) is 0 Å². The van der Waals surface area contributed by atoms with Gasteiger partial charge in [-0.3, -0.25) is 9.89 Å². The summed E-state index contributed by atoms with van der Waals surface area (Å²) in [6, 6.07) is 10.1. The molecule has 0 aliphatic carbocycles. The van der Waals surface area contributed by atoms with Gasteiger partial charge in [0.1, 0.15) is 5.82 Å². The van der Waals surface area contributed by atoms with E-state index in [2.05, 4.69) is 26.1 Å². The van der Waals surface area contributed by atoms with Gasteiger partial charge in [-0.15, -0.1) is 0 Å². The summed E-state index contributed by atoms with van der Waals surface area (Å²) in [4.78, 5) is 25.5. The number of anilines is 1. The lowest BCUT2D eigenvalue weighted by Gasteiger charge is -2.31. The minimum atomic E-state index is -0.695. The van der Waals surface area contributed by atoms with Gasteiger partial charge in [0, 0.05) is 16.8 Å². The van der Waals surface area contributed by atoms with Crippen molar-refractivity contribution in [1.82, 2.24) is 20.8 Å². The van der Waals surface area contributed by atoms with Gasteiger partial charge in [0.2, 0.25) is 0 Å². The topological polar surface area (TPSA) is 98.9 Å². The van der Waals surface area contributed by atoms with Gasteiger partial charge in [0.15, 0.2) is 0 Å². The summed E-state index contributed by atoms with van der Waals surface area (Å²) in [6.45, 7) is 3.79. The lowest BCUT2D eigenvalue weighted by Crippen LogP contribution is -2.47. The molecule has 0 spiro atoms. The van der Waals surface area contributed by atoms with Crippen LogP contribution < -0.4 is 16.0 Å². The molecule has 3 amide bonds. The van der Waals surface area contributed by atoms with Crippen LogP contribution in [0.25, 0.3) is 10.9 Å². The highest BCUT2D eigenvalue weighted by Gasteiger charge is 2.33. The van der Waals surface area contributed by atoms with Gasteiger partial charge in [0.05, 0.1) is 23.3 Å². The maximum atomic E-state index is 13.4. The minimum absolute atomic E-state index is 0.0962. The van der Waals surface area contributed by atoms with Crippen molar-refractivity contribution in [2.75, 3.05) is 5.32 Å². The third-order valence-corrected chi connectivity index (χ3v) is 4.83. The van der Waals surface area contributed by atoms with Gasteiger partial charge in [-0.1, -0.05) is 26.0 Å². The zero-order chi connectivity index (χ0) is 20.5. The van der Waals surface area contributed by atoms with E-state index in [-0.39, 0.29) is 17.6 Å². The third kappa shape index (κ3) is 3.69. The van der Waals surface area contributed by atoms with Crippen LogP contribution in [-0.4, -0.2) is 22.1 Å². The second-order valence-corrected chi connectivity index (χ2v) is 7.19. The van der Waals surface area contributed by atoms with Gasteiger partial charge >= 0.3 is 6.03 Å². The van der Waals surface area contributed by atoms with E-state index in [0.717, 1.165) is 10.9 Å². The Balaban J connectivity index is 1.73. The Bertz CT molecular complexity index is 1120. The number of benzene rings is 2. The zero-order valence-corrected chi connectivity index (χ0v) is 15.9. The van der Waals surface area contributed by atoms with Crippen LogP contribution in [0.5, 0.6) is 0 Å². The van der Waals surface area contributed by atoms with E-state index >= 15 is 0 Å². The third-order valence-electron chi connectivity index (χ3n) is 4.83. The van der Waals surface area contributed by atoms with Crippen molar-refractivity contribution in [3.8, 4) is 0 Å². The highest BCUT2D eigenvalue weighted by atomic mass is 19.1. The molecule has 0 fully saturated rings. The second kappa shape index (κ2) is 7.38. The molecule has 8 heteroatoms. The van der Waals surface area contributed by atoms with Crippen LogP contribution in [-0.2, 0) is 4.79 Å². The molecule has 148 valence electrons. The first-order valence-corrected chi connectivity index (χ1v) is 9.24. The van der Waals surface area contributed by atoms with E-state index in [1.54, 1.807) is 24.4 Å². The Morgan fingerprint density at radius 3 is 2.66 bits per heavy atom. The zero-order valence-electron chi connectivity index (χ0n) is 15.9. The van der Waals surface area contributed by atoms with E-state index in [1.807, 2.05) is 26.0 Å². The van der Waals surface area contributed by atoms with Crippen LogP contribution in [0, 0.1) is 11.7 Å². The lowest BCUT2D eigenvalue weighted by molar-refractivity contribution is -0.113. The molecule has 3 aromatic rings. The van der Waals surface area contributed by atoms with Crippen LogP contribution >= 0.6 is 0 Å². The van der Waals surface area contributed by atoms with E-state index in [1.165, 1.54) is 12.1 Å². The molecule has 0 saturated heterocycles. The monoisotopic (exact) mass is 393 g/mol. The van der Waals surface area contributed by atoms with Crippen molar-refractivity contribution >= 4 is 28.5 Å². The summed E-state index contributed by atoms with van der Waals surface area (Å²) in [5.41, 5.74) is 3.01. The van der Waals surface area contributed by atoms with Gasteiger partial charge in [-0.05, 0) is 41.8 Å². The summed E-state index contributed by atoms with van der Waals surface area (Å²) in [5, 5.41) is 16.1. The number of H-pyrrole nitrogens is 1. The maximum absolute atomic E-state index is 13.4. The standard InChI is InChI=1S/C21H20FN5O2/c1-11(2)18-17(19(26-21(29)25-18)12-3-5-14(22)6-4-12)20(28)24-15-7-8-16-13(9-15)10-23-27-16/h3-11,19H,1-2H3,(H,23,27)(H,24,28)(H2,25,26,29). The number of carbonyl (C=O) groups excluding carboxylic acids is 2. The fraction of sp³-hybridized carbons (Fsp3) is 0.190. The fourth-order valence-corrected chi connectivity index (χ4v) is 3.42. The van der Waals surface area contributed by atoms with Gasteiger partial charge in [0.25, 0.3) is 5.91 Å². The van der Waals surface area contributed by atoms with Crippen LogP contribution in [0.4, 0.5) is 14.9 Å². The Kier molecular flexibility index (Phi) is 4.75. The first-order chi connectivity index (χ1) is 13.9. The van der Waals surface area contributed by atoms with Crippen molar-refractivity contribution in [2.45, 2.75) is 19.9 Å². The van der Waals surface area contributed by atoms with E-state index in [9.17, 15) is 14.0 Å². The summed E-state index contributed by atoms with van der Waals surface area (Å²) < 4.78 is 13.4. The number of aromatic amines is 1. The van der Waals surface area contributed by atoms with Crippen molar-refractivity contribution in [1.29, 1.82) is 0 Å². The van der Waals surface area contributed by atoms with Crippen LogP contribution in [0.15, 0.2) is 59.9 Å². The average molecular weight is 393 g/mol. The molecule has 1 aliphatic rings. The molecule has 4 rings (SSSR count). The number of halogens is 1. The minimum Gasteiger partial charge on any atom is -0.327 e. The first kappa shape index (κ1) is 18.7. The fourth-order valence-electron chi connectivity index (χ4n) is 3.42. The number of aromatic nitrogens is 2. The average Bonchev–Trinajstić information content (AvgIpc) is 3.15. The smallest absolute Gasteiger partial charge is 0.319 e. The number of fused-ring (bicyclic) bond motifs is 1. The molecule has 1 aromatic heterocycles. The summed E-state index contributed by atoms with van der Waals surface area (Å²) >= 11 is 0. The van der Waals surface area contributed by atoms with Crippen LogP contribution in [0.2, 0.25) is 0 Å². The molecule has 4 N–H and O–H groups in total. The van der Waals surface area contributed by atoms with E-state index in [4.69, 9.17) is 0 Å². The molecule has 7 nitrogen and oxygen atoms in total. The summed E-state index contributed by atoms with van der Waals surface area (Å²) in [7, 11) is 0. The van der Waals surface area contributed by atoms with E-state index < -0.39 is 12.1 Å². The molecular formula is C21H20FN5O2. The Morgan fingerprint density at radius 2 is 1.93 bits per heavy atom. The van der Waals surface area contributed by atoms with Crippen molar-refractivity contribution in [3.05, 3.63) is 71.3 Å². The quantitative estimate of drug-likeness (QED) is 0.545. The molecule has 29 heavy (non-hydrogen) atoms. The normalized spacial score (nSPS) is 16.7. The van der Waals surface area contributed by atoms with Crippen LogP contribution in [0.3, 0.4) is 0 Å². The number of hydrogen-bond acceptors (Lipinski definition) is 3. The van der Waals surface area contributed by atoms with E-state index in [0.29, 0.717) is 22.5 Å². The van der Waals surface area contributed by atoms with Gasteiger partial charge in [-0.25, -0.2) is 9.18 Å². The number of hydrogen-bond donors (Lipinski definition) is 4. The number of amides is 3. The number of carbonyl (C=O) groups is 2. The van der Waals surface area contributed by atoms with Crippen molar-refractivity contribution < 1.29 is 14.0 Å². The summed E-state index contributed by atoms with van der Waals surface area (Å²) in [6.07, 6.45) is 1.67. The predicted molar refractivity (Wildman–Crippen MR) is 107 cm³/mol. The molecule has 2 aromatic carbocycles. The number of rotatable bonds is 4. The second-order valence-electron chi connectivity index (χ2n) is 7.19. The highest BCUT2D eigenvalue weighted by Crippen LogP contribution is 2.31. The first-order valence-electron chi connectivity index (χ1n) is 9.24. The number of allylic oxidation sites excluding steroid dienone is 1. The Hall–Kier alpha value is -3.68. The van der Waals surface area contributed by atoms with Gasteiger partial charge < -0.3 is 16.0 Å². The Labute approximate surface area is 166 Å². The highest BCUT2D eigenvalue weighted by molar-refractivity contribution is 6.07. The molecule has 1 aliphatic heterocycles. The van der Waals surface area contributed by atoms with Crippen molar-refractivity contribution in [2.24, 2.45) is 5.92 Å². The molecular weight excluding hydrogens is 373 g/mol. The van der Waals surface area contributed by atoms with Gasteiger partial charge in [-0.2, -0.15) is 5.10 Å². The number of nitrogens with zero attached hydrogens (tertiary/aromatic N) is 1. The Morgan fingerprint density at radius 1 is 1.17 bits per heavy atom. The number of nitrogens with one attached hydrogen (secondary N) is 4. The lowest BCUT2D eigenvalue weighted by atomic mass is 9.91. The molecule has 1 unspecified atom stereocenters. The predicted octanol–water partition coefficient (Wildman–Crippen LogP) is 3.60. The maximum Gasteiger partial charge on any atom is 0.319 e. The summed E-state index contributed by atoms with van der Waals surface area (Å²) in [5.74, 6) is -0.832.